The zero-order valence-corrected chi connectivity index (χ0v) is 27.5. The summed E-state index contributed by atoms with van der Waals surface area (Å²) in [6.45, 7) is 9.83. The fourth-order valence-corrected chi connectivity index (χ4v) is 6.15. The van der Waals surface area contributed by atoms with Gasteiger partial charge in [0.05, 0.1) is 27.2 Å². The second-order valence-electron chi connectivity index (χ2n) is 10.6. The van der Waals surface area contributed by atoms with E-state index in [1.807, 2.05) is 34.6 Å². The van der Waals surface area contributed by atoms with Crippen LogP contribution in [0.2, 0.25) is 10.0 Å². The summed E-state index contributed by atoms with van der Waals surface area (Å²) in [4.78, 5) is 29.0. The Kier molecular flexibility index (Phi) is 12.3. The third-order valence-electron chi connectivity index (χ3n) is 6.73. The van der Waals surface area contributed by atoms with E-state index in [1.54, 1.807) is 54.6 Å². The van der Waals surface area contributed by atoms with Crippen LogP contribution in [0, 0.1) is 12.8 Å². The van der Waals surface area contributed by atoms with Gasteiger partial charge in [-0.15, -0.1) is 0 Å². The van der Waals surface area contributed by atoms with Crippen molar-refractivity contribution in [3.63, 3.8) is 0 Å². The van der Waals surface area contributed by atoms with Crippen LogP contribution in [-0.2, 0) is 26.2 Å². The SMILES string of the molecule is CCOc1ccc(N(CC(=O)N(Cc2ccc(Cl)c(Cl)c2)[C@H](CC)C(=O)NCC(C)C)S(=O)(=O)c2ccc(C)cc2)cc1. The van der Waals surface area contributed by atoms with Gasteiger partial charge in [-0.3, -0.25) is 13.9 Å². The van der Waals surface area contributed by atoms with Crippen LogP contribution in [0.3, 0.4) is 0 Å². The largest absolute Gasteiger partial charge is 0.494 e. The number of hydrogen-bond donors (Lipinski definition) is 1. The first-order valence-corrected chi connectivity index (χ1v) is 16.4. The summed E-state index contributed by atoms with van der Waals surface area (Å²) in [7, 11) is -4.18. The molecule has 0 aliphatic carbocycles. The fourth-order valence-electron chi connectivity index (χ4n) is 4.42. The summed E-state index contributed by atoms with van der Waals surface area (Å²) in [5, 5.41) is 3.58. The quantitative estimate of drug-likeness (QED) is 0.216. The Morgan fingerprint density at radius 2 is 1.58 bits per heavy atom. The molecule has 3 aromatic rings. The van der Waals surface area contributed by atoms with Gasteiger partial charge in [0.15, 0.2) is 0 Å². The molecule has 0 spiro atoms. The van der Waals surface area contributed by atoms with Gasteiger partial charge < -0.3 is 15.0 Å². The number of halogens is 2. The summed E-state index contributed by atoms with van der Waals surface area (Å²) in [6, 6.07) is 17.1. The predicted molar refractivity (Wildman–Crippen MR) is 172 cm³/mol. The molecule has 0 aliphatic heterocycles. The topological polar surface area (TPSA) is 96.0 Å². The lowest BCUT2D eigenvalue weighted by atomic mass is 10.1. The van der Waals surface area contributed by atoms with Crippen molar-refractivity contribution in [3.8, 4) is 5.75 Å². The molecule has 11 heteroatoms. The molecule has 0 bridgehead atoms. The highest BCUT2D eigenvalue weighted by Crippen LogP contribution is 2.28. The van der Waals surface area contributed by atoms with Gasteiger partial charge in [-0.05, 0) is 80.3 Å². The van der Waals surface area contributed by atoms with E-state index in [-0.39, 0.29) is 29.0 Å². The number of rotatable bonds is 14. The molecule has 3 aromatic carbocycles. The number of carbonyl (C=O) groups is 2. The Morgan fingerprint density at radius 1 is 0.930 bits per heavy atom. The number of benzene rings is 3. The molecule has 1 N–H and O–H groups in total. The molecular formula is C32H39Cl2N3O5S. The summed E-state index contributed by atoms with van der Waals surface area (Å²) >= 11 is 12.4. The van der Waals surface area contributed by atoms with E-state index in [9.17, 15) is 18.0 Å². The Hall–Kier alpha value is -3.27. The molecule has 0 saturated heterocycles. The van der Waals surface area contributed by atoms with Crippen LogP contribution in [-0.4, -0.2) is 50.9 Å². The monoisotopic (exact) mass is 647 g/mol. The minimum absolute atomic E-state index is 0.0189. The Labute approximate surface area is 265 Å². The predicted octanol–water partition coefficient (Wildman–Crippen LogP) is 6.48. The minimum atomic E-state index is -4.18. The number of ether oxygens (including phenoxy) is 1. The summed E-state index contributed by atoms with van der Waals surface area (Å²) < 4.78 is 34.6. The first-order valence-electron chi connectivity index (χ1n) is 14.2. The maximum atomic E-state index is 14.2. The molecule has 0 unspecified atom stereocenters. The van der Waals surface area contributed by atoms with Gasteiger partial charge in [0.25, 0.3) is 10.0 Å². The van der Waals surface area contributed by atoms with Crippen molar-refractivity contribution in [3.05, 3.63) is 87.9 Å². The zero-order valence-electron chi connectivity index (χ0n) is 25.1. The molecule has 3 rings (SSSR count). The molecule has 0 fully saturated rings. The zero-order chi connectivity index (χ0) is 31.7. The average Bonchev–Trinajstić information content (AvgIpc) is 2.97. The number of nitrogens with zero attached hydrogens (tertiary/aromatic N) is 2. The van der Waals surface area contributed by atoms with Crippen LogP contribution in [0.5, 0.6) is 5.75 Å². The molecule has 0 radical (unpaired) electrons. The third-order valence-corrected chi connectivity index (χ3v) is 9.26. The van der Waals surface area contributed by atoms with E-state index in [0.29, 0.717) is 40.9 Å². The van der Waals surface area contributed by atoms with Crippen LogP contribution in [0.25, 0.3) is 0 Å². The molecule has 0 heterocycles. The van der Waals surface area contributed by atoms with Gasteiger partial charge in [0, 0.05) is 13.1 Å². The number of carbonyl (C=O) groups excluding carboxylic acids is 2. The number of aryl methyl sites for hydroxylation is 1. The Balaban J connectivity index is 2.06. The Morgan fingerprint density at radius 3 is 2.14 bits per heavy atom. The molecule has 8 nitrogen and oxygen atoms in total. The van der Waals surface area contributed by atoms with Crippen molar-refractivity contribution in [1.82, 2.24) is 10.2 Å². The molecule has 0 aliphatic rings. The Bertz CT molecular complexity index is 1500. The van der Waals surface area contributed by atoms with Gasteiger partial charge in [-0.2, -0.15) is 0 Å². The van der Waals surface area contributed by atoms with E-state index in [1.165, 1.54) is 17.0 Å². The minimum Gasteiger partial charge on any atom is -0.494 e. The van der Waals surface area contributed by atoms with E-state index >= 15 is 0 Å². The van der Waals surface area contributed by atoms with Crippen LogP contribution in [0.4, 0.5) is 5.69 Å². The lowest BCUT2D eigenvalue weighted by Gasteiger charge is -2.33. The second kappa shape index (κ2) is 15.5. The molecular weight excluding hydrogens is 609 g/mol. The van der Waals surface area contributed by atoms with Crippen LogP contribution in [0.15, 0.2) is 71.6 Å². The molecule has 2 amide bonds. The number of sulfonamides is 1. The average molecular weight is 649 g/mol. The normalized spacial score (nSPS) is 12.1. The highest BCUT2D eigenvalue weighted by Gasteiger charge is 2.33. The number of hydrogen-bond acceptors (Lipinski definition) is 5. The summed E-state index contributed by atoms with van der Waals surface area (Å²) in [6.07, 6.45) is 0.310. The maximum absolute atomic E-state index is 14.2. The van der Waals surface area contributed by atoms with Crippen molar-refractivity contribution in [2.45, 2.75) is 58.5 Å². The van der Waals surface area contributed by atoms with E-state index in [4.69, 9.17) is 27.9 Å². The van der Waals surface area contributed by atoms with Gasteiger partial charge in [0.2, 0.25) is 11.8 Å². The number of amides is 2. The van der Waals surface area contributed by atoms with Crippen LogP contribution in [0.1, 0.15) is 45.2 Å². The molecule has 0 aromatic heterocycles. The van der Waals surface area contributed by atoms with Gasteiger partial charge in [0.1, 0.15) is 18.3 Å². The molecule has 232 valence electrons. The molecule has 0 saturated carbocycles. The third kappa shape index (κ3) is 9.11. The summed E-state index contributed by atoms with van der Waals surface area (Å²) in [5.41, 5.74) is 1.82. The maximum Gasteiger partial charge on any atom is 0.264 e. The van der Waals surface area contributed by atoms with Gasteiger partial charge >= 0.3 is 0 Å². The lowest BCUT2D eigenvalue weighted by molar-refractivity contribution is -0.140. The smallest absolute Gasteiger partial charge is 0.264 e. The number of anilines is 1. The van der Waals surface area contributed by atoms with Crippen molar-refractivity contribution < 1.29 is 22.7 Å². The van der Waals surface area contributed by atoms with E-state index in [0.717, 1.165) is 9.87 Å². The van der Waals surface area contributed by atoms with E-state index < -0.39 is 28.5 Å². The fraction of sp³-hybridized carbons (Fsp3) is 0.375. The van der Waals surface area contributed by atoms with Crippen molar-refractivity contribution in [2.75, 3.05) is 24.0 Å². The van der Waals surface area contributed by atoms with Crippen molar-refractivity contribution >= 4 is 50.7 Å². The second-order valence-corrected chi connectivity index (χ2v) is 13.3. The first-order chi connectivity index (χ1) is 20.4. The highest BCUT2D eigenvalue weighted by molar-refractivity contribution is 7.92. The summed E-state index contributed by atoms with van der Waals surface area (Å²) in [5.74, 6) is -0.101. The van der Waals surface area contributed by atoms with Crippen molar-refractivity contribution in [1.29, 1.82) is 0 Å². The highest BCUT2D eigenvalue weighted by atomic mass is 35.5. The molecule has 43 heavy (non-hydrogen) atoms. The first kappa shape index (κ1) is 34.2. The van der Waals surface area contributed by atoms with Crippen LogP contribution >= 0.6 is 23.2 Å². The van der Waals surface area contributed by atoms with Crippen molar-refractivity contribution in [2.24, 2.45) is 5.92 Å². The van der Waals surface area contributed by atoms with Crippen LogP contribution < -0.4 is 14.4 Å². The van der Waals surface area contributed by atoms with E-state index in [2.05, 4.69) is 5.32 Å². The standard InChI is InChI=1S/C32H39Cl2N3O5S/c1-6-30(32(39)35-19-22(3)4)36(20-24-10-17-28(33)29(34)18-24)31(38)21-37(25-11-13-26(14-12-25)42-7-2)43(40,41)27-15-8-23(5)9-16-27/h8-18,22,30H,6-7,19-21H2,1-5H3,(H,35,39)/t30-/m1/s1. The number of nitrogens with one attached hydrogen (secondary N) is 1. The lowest BCUT2D eigenvalue weighted by Crippen LogP contribution is -2.52. The van der Waals surface area contributed by atoms with Gasteiger partial charge in [-0.25, -0.2) is 8.42 Å². The van der Waals surface area contributed by atoms with Gasteiger partial charge in [-0.1, -0.05) is 67.7 Å². The molecule has 1 atom stereocenters.